The molecule has 0 fully saturated rings. The Balaban J connectivity index is 1.98. The van der Waals surface area contributed by atoms with E-state index in [1.165, 1.54) is 12.3 Å². The van der Waals surface area contributed by atoms with Crippen molar-refractivity contribution >= 4 is 11.8 Å². The number of carbonyl (C=O) groups excluding carboxylic acids is 2. The van der Waals surface area contributed by atoms with Crippen molar-refractivity contribution in [1.82, 2.24) is 0 Å². The number of ether oxygens (including phenoxy) is 1. The van der Waals surface area contributed by atoms with Crippen molar-refractivity contribution < 1.29 is 18.7 Å². The Kier molecular flexibility index (Phi) is 4.71. The standard InChI is InChI=1S/C16H16O4/c1-2-3-5-14(17)12-7-9-13(10-8-12)20-16(18)15-6-4-11-19-15/h4,6-11H,2-3,5H2,1H3. The van der Waals surface area contributed by atoms with E-state index < -0.39 is 5.97 Å². The number of hydrogen-bond donors (Lipinski definition) is 0. The first-order valence-corrected chi connectivity index (χ1v) is 6.59. The summed E-state index contributed by atoms with van der Waals surface area (Å²) in [7, 11) is 0. The molecule has 0 aliphatic rings. The van der Waals surface area contributed by atoms with Gasteiger partial charge in [0.25, 0.3) is 0 Å². The third-order valence-electron chi connectivity index (χ3n) is 2.87. The van der Waals surface area contributed by atoms with E-state index in [0.29, 0.717) is 17.7 Å². The molecule has 1 aromatic heterocycles. The Morgan fingerprint density at radius 2 is 1.90 bits per heavy atom. The third-order valence-corrected chi connectivity index (χ3v) is 2.87. The van der Waals surface area contributed by atoms with E-state index in [9.17, 15) is 9.59 Å². The minimum absolute atomic E-state index is 0.107. The summed E-state index contributed by atoms with van der Waals surface area (Å²) in [5, 5.41) is 0. The van der Waals surface area contributed by atoms with Crippen molar-refractivity contribution in [1.29, 1.82) is 0 Å². The summed E-state index contributed by atoms with van der Waals surface area (Å²) in [4.78, 5) is 23.5. The van der Waals surface area contributed by atoms with E-state index in [1.807, 2.05) is 6.92 Å². The van der Waals surface area contributed by atoms with Crippen LogP contribution in [0.2, 0.25) is 0 Å². The zero-order valence-corrected chi connectivity index (χ0v) is 11.3. The molecule has 104 valence electrons. The average molecular weight is 272 g/mol. The van der Waals surface area contributed by atoms with Crippen LogP contribution in [0.1, 0.15) is 47.1 Å². The lowest BCUT2D eigenvalue weighted by Gasteiger charge is -2.04. The highest BCUT2D eigenvalue weighted by Gasteiger charge is 2.12. The zero-order chi connectivity index (χ0) is 14.4. The Hall–Kier alpha value is -2.36. The van der Waals surface area contributed by atoms with E-state index in [4.69, 9.17) is 9.15 Å². The topological polar surface area (TPSA) is 56.5 Å². The van der Waals surface area contributed by atoms with E-state index in [-0.39, 0.29) is 11.5 Å². The van der Waals surface area contributed by atoms with Crippen molar-refractivity contribution in [2.75, 3.05) is 0 Å². The van der Waals surface area contributed by atoms with Crippen molar-refractivity contribution in [3.05, 3.63) is 54.0 Å². The second-order valence-electron chi connectivity index (χ2n) is 4.42. The lowest BCUT2D eigenvalue weighted by molar-refractivity contribution is 0.0701. The first-order chi connectivity index (χ1) is 9.70. The molecule has 0 atom stereocenters. The second-order valence-corrected chi connectivity index (χ2v) is 4.42. The summed E-state index contributed by atoms with van der Waals surface area (Å²) in [6.45, 7) is 2.05. The van der Waals surface area contributed by atoms with E-state index in [0.717, 1.165) is 12.8 Å². The molecule has 0 spiro atoms. The van der Waals surface area contributed by atoms with Gasteiger partial charge in [0.2, 0.25) is 5.76 Å². The summed E-state index contributed by atoms with van der Waals surface area (Å²) in [5.74, 6) is 0.0855. The van der Waals surface area contributed by atoms with Gasteiger partial charge in [-0.1, -0.05) is 13.3 Å². The van der Waals surface area contributed by atoms with Crippen LogP contribution in [0.3, 0.4) is 0 Å². The Bertz CT molecular complexity index is 567. The highest BCUT2D eigenvalue weighted by Crippen LogP contribution is 2.16. The van der Waals surface area contributed by atoms with Gasteiger partial charge in [-0.3, -0.25) is 4.79 Å². The maximum absolute atomic E-state index is 11.8. The highest BCUT2D eigenvalue weighted by molar-refractivity contribution is 5.96. The normalized spacial score (nSPS) is 10.2. The van der Waals surface area contributed by atoms with Crippen molar-refractivity contribution in [3.63, 3.8) is 0 Å². The minimum atomic E-state index is -0.556. The average Bonchev–Trinajstić information content (AvgIpc) is 3.00. The number of furan rings is 1. The molecule has 0 amide bonds. The molecule has 4 nitrogen and oxygen atoms in total. The number of esters is 1. The van der Waals surface area contributed by atoms with Gasteiger partial charge in [0.05, 0.1) is 6.26 Å². The van der Waals surface area contributed by atoms with Gasteiger partial charge < -0.3 is 9.15 Å². The molecule has 2 aromatic rings. The van der Waals surface area contributed by atoms with Crippen LogP contribution in [0.15, 0.2) is 47.1 Å². The summed E-state index contributed by atoms with van der Waals surface area (Å²) in [5.41, 5.74) is 0.635. The Morgan fingerprint density at radius 3 is 2.50 bits per heavy atom. The van der Waals surface area contributed by atoms with Crippen molar-refractivity contribution in [3.8, 4) is 5.75 Å². The van der Waals surface area contributed by atoms with Gasteiger partial charge in [-0.25, -0.2) is 4.79 Å². The molecule has 0 radical (unpaired) electrons. The molecule has 1 aromatic carbocycles. The van der Waals surface area contributed by atoms with Gasteiger partial charge in [0.15, 0.2) is 5.78 Å². The fourth-order valence-electron chi connectivity index (χ4n) is 1.74. The van der Waals surface area contributed by atoms with Gasteiger partial charge in [-0.15, -0.1) is 0 Å². The predicted octanol–water partition coefficient (Wildman–Crippen LogP) is 3.87. The number of rotatable bonds is 6. The molecule has 0 aliphatic carbocycles. The van der Waals surface area contributed by atoms with Gasteiger partial charge >= 0.3 is 5.97 Å². The molecule has 0 saturated carbocycles. The number of carbonyl (C=O) groups is 2. The fourth-order valence-corrected chi connectivity index (χ4v) is 1.74. The number of hydrogen-bond acceptors (Lipinski definition) is 4. The van der Waals surface area contributed by atoms with Crippen LogP contribution in [0.25, 0.3) is 0 Å². The monoisotopic (exact) mass is 272 g/mol. The highest BCUT2D eigenvalue weighted by atomic mass is 16.5. The molecular weight excluding hydrogens is 256 g/mol. The quantitative estimate of drug-likeness (QED) is 0.455. The Labute approximate surface area is 117 Å². The van der Waals surface area contributed by atoms with Gasteiger partial charge in [-0.05, 0) is 42.8 Å². The van der Waals surface area contributed by atoms with Crippen LogP contribution < -0.4 is 4.74 Å². The molecule has 0 bridgehead atoms. The molecule has 0 saturated heterocycles. The number of benzene rings is 1. The first-order valence-electron chi connectivity index (χ1n) is 6.59. The summed E-state index contributed by atoms with van der Waals surface area (Å²) < 4.78 is 10.1. The number of Topliss-reactive ketones (excluding diaryl/α,β-unsaturated/α-hetero) is 1. The van der Waals surface area contributed by atoms with Gasteiger partial charge in [-0.2, -0.15) is 0 Å². The fraction of sp³-hybridized carbons (Fsp3) is 0.250. The maximum Gasteiger partial charge on any atom is 0.379 e. The molecule has 4 heteroatoms. The summed E-state index contributed by atoms with van der Waals surface area (Å²) >= 11 is 0. The molecule has 20 heavy (non-hydrogen) atoms. The summed E-state index contributed by atoms with van der Waals surface area (Å²) in [6, 6.07) is 9.71. The molecule has 1 heterocycles. The van der Waals surface area contributed by atoms with Crippen molar-refractivity contribution in [2.45, 2.75) is 26.2 Å². The van der Waals surface area contributed by atoms with Crippen LogP contribution in [0, 0.1) is 0 Å². The van der Waals surface area contributed by atoms with Crippen LogP contribution >= 0.6 is 0 Å². The maximum atomic E-state index is 11.8. The summed E-state index contributed by atoms with van der Waals surface area (Å²) in [6.07, 6.45) is 3.83. The second kappa shape index (κ2) is 6.70. The number of unbranched alkanes of at least 4 members (excludes halogenated alkanes) is 1. The molecule has 0 unspecified atom stereocenters. The van der Waals surface area contributed by atoms with Gasteiger partial charge in [0, 0.05) is 12.0 Å². The SMILES string of the molecule is CCCCC(=O)c1ccc(OC(=O)c2ccco2)cc1. The van der Waals surface area contributed by atoms with E-state index in [1.54, 1.807) is 30.3 Å². The van der Waals surface area contributed by atoms with Crippen LogP contribution in [0.4, 0.5) is 0 Å². The Morgan fingerprint density at radius 1 is 1.15 bits per heavy atom. The molecular formula is C16H16O4. The third kappa shape index (κ3) is 3.57. The zero-order valence-electron chi connectivity index (χ0n) is 11.3. The lowest BCUT2D eigenvalue weighted by atomic mass is 10.1. The number of ketones is 1. The van der Waals surface area contributed by atoms with E-state index >= 15 is 0 Å². The molecule has 0 aliphatic heterocycles. The van der Waals surface area contributed by atoms with E-state index in [2.05, 4.69) is 0 Å². The smallest absolute Gasteiger partial charge is 0.379 e. The minimum Gasteiger partial charge on any atom is -0.457 e. The van der Waals surface area contributed by atoms with Gasteiger partial charge in [0.1, 0.15) is 5.75 Å². The van der Waals surface area contributed by atoms with Crippen LogP contribution in [-0.4, -0.2) is 11.8 Å². The molecule has 0 N–H and O–H groups in total. The van der Waals surface area contributed by atoms with Crippen LogP contribution in [-0.2, 0) is 0 Å². The molecule has 2 rings (SSSR count). The van der Waals surface area contributed by atoms with Crippen molar-refractivity contribution in [2.24, 2.45) is 0 Å². The lowest BCUT2D eigenvalue weighted by Crippen LogP contribution is -2.07. The van der Waals surface area contributed by atoms with Crippen LogP contribution in [0.5, 0.6) is 5.75 Å². The largest absolute Gasteiger partial charge is 0.457 e. The first kappa shape index (κ1) is 14.1. The predicted molar refractivity (Wildman–Crippen MR) is 74.0 cm³/mol.